The fourth-order valence-corrected chi connectivity index (χ4v) is 3.76. The zero-order valence-electron chi connectivity index (χ0n) is 15.8. The zero-order valence-corrected chi connectivity index (χ0v) is 15.8. The summed E-state index contributed by atoms with van der Waals surface area (Å²) in [5.41, 5.74) is 2.53. The van der Waals surface area contributed by atoms with Crippen molar-refractivity contribution in [3.63, 3.8) is 0 Å². The molecule has 6 heteroatoms. The molecule has 27 heavy (non-hydrogen) atoms. The first-order chi connectivity index (χ1) is 12.9. The number of fused-ring (bicyclic) bond motifs is 1. The molecule has 0 saturated carbocycles. The molecule has 0 aliphatic carbocycles. The number of hydrogen-bond acceptors (Lipinski definition) is 2. The van der Waals surface area contributed by atoms with Crippen molar-refractivity contribution >= 4 is 17.3 Å². The zero-order chi connectivity index (χ0) is 19.7. The minimum Gasteiger partial charge on any atom is -0.362 e. The van der Waals surface area contributed by atoms with Gasteiger partial charge in [0.1, 0.15) is 11.5 Å². The van der Waals surface area contributed by atoms with Gasteiger partial charge in [-0.1, -0.05) is 19.9 Å². The second-order valence-electron chi connectivity index (χ2n) is 6.78. The van der Waals surface area contributed by atoms with Crippen LogP contribution in [0.4, 0.5) is 24.5 Å². The van der Waals surface area contributed by atoms with E-state index in [2.05, 4.69) is 5.32 Å². The molecule has 0 radical (unpaired) electrons. The second-order valence-corrected chi connectivity index (χ2v) is 6.78. The third kappa shape index (κ3) is 3.53. The second kappa shape index (κ2) is 7.62. The molecule has 0 saturated heterocycles. The Labute approximate surface area is 157 Å². The number of halogens is 3. The summed E-state index contributed by atoms with van der Waals surface area (Å²) in [5, 5.41) is 2.60. The molecule has 144 valence electrons. The Balaban J connectivity index is 2.11. The van der Waals surface area contributed by atoms with Crippen LogP contribution in [-0.2, 0) is 30.6 Å². The van der Waals surface area contributed by atoms with Gasteiger partial charge in [0.15, 0.2) is 11.6 Å². The lowest BCUT2D eigenvalue weighted by Crippen LogP contribution is -2.32. The highest BCUT2D eigenvalue weighted by Gasteiger charge is 2.29. The third-order valence-electron chi connectivity index (χ3n) is 5.05. The number of anilines is 2. The number of nitrogens with zero attached hydrogens (tertiary/aromatic N) is 1. The van der Waals surface area contributed by atoms with Gasteiger partial charge in [0.2, 0.25) is 5.91 Å². The summed E-state index contributed by atoms with van der Waals surface area (Å²) in [7, 11) is 0. The van der Waals surface area contributed by atoms with Crippen molar-refractivity contribution in [2.24, 2.45) is 0 Å². The van der Waals surface area contributed by atoms with Gasteiger partial charge in [0.25, 0.3) is 0 Å². The largest absolute Gasteiger partial charge is 0.362 e. The van der Waals surface area contributed by atoms with Gasteiger partial charge in [0, 0.05) is 31.1 Å². The van der Waals surface area contributed by atoms with Crippen molar-refractivity contribution in [3.05, 3.63) is 57.9 Å². The Morgan fingerprint density at radius 3 is 2.26 bits per heavy atom. The number of benzene rings is 2. The molecule has 1 N–H and O–H groups in total. The Kier molecular flexibility index (Phi) is 5.44. The van der Waals surface area contributed by atoms with Crippen molar-refractivity contribution in [1.29, 1.82) is 0 Å². The lowest BCUT2D eigenvalue weighted by Gasteiger charge is -2.33. The predicted octanol–water partition coefficient (Wildman–Crippen LogP) is 4.75. The maximum atomic E-state index is 15.3. The van der Waals surface area contributed by atoms with Crippen molar-refractivity contribution in [2.75, 3.05) is 16.8 Å². The maximum Gasteiger partial charge on any atom is 0.221 e. The van der Waals surface area contributed by atoms with E-state index in [1.54, 1.807) is 24.8 Å². The summed E-state index contributed by atoms with van der Waals surface area (Å²) in [6, 6.07) is 4.51. The number of hydrogen-bond donors (Lipinski definition) is 1. The fraction of sp³-hybridized carbons (Fsp3) is 0.381. The average molecular weight is 376 g/mol. The Hall–Kier alpha value is -2.50. The first-order valence-corrected chi connectivity index (χ1v) is 9.19. The molecular formula is C21H23F3N2O. The van der Waals surface area contributed by atoms with E-state index >= 15 is 8.78 Å². The summed E-state index contributed by atoms with van der Waals surface area (Å²) in [6.07, 6.45) is 1.18. The van der Waals surface area contributed by atoms with Gasteiger partial charge in [-0.05, 0) is 42.5 Å². The van der Waals surface area contributed by atoms with Crippen LogP contribution in [0.3, 0.4) is 0 Å². The molecular weight excluding hydrogens is 353 g/mol. The molecule has 0 fully saturated rings. The van der Waals surface area contributed by atoms with Crippen molar-refractivity contribution in [3.8, 4) is 0 Å². The van der Waals surface area contributed by atoms with E-state index in [0.29, 0.717) is 43.5 Å². The molecule has 1 aliphatic rings. The van der Waals surface area contributed by atoms with Crippen LogP contribution in [0.5, 0.6) is 0 Å². The molecule has 3 rings (SSSR count). The van der Waals surface area contributed by atoms with Crippen LogP contribution in [0.2, 0.25) is 0 Å². The van der Waals surface area contributed by atoms with Crippen LogP contribution in [0.25, 0.3) is 0 Å². The van der Waals surface area contributed by atoms with Gasteiger partial charge in [-0.2, -0.15) is 0 Å². The van der Waals surface area contributed by atoms with Gasteiger partial charge in [0.05, 0.1) is 5.69 Å². The summed E-state index contributed by atoms with van der Waals surface area (Å²) in [5.74, 6) is -1.94. The standard InChI is InChI=1S/C21H23F3N2O/c1-4-16-18(23)21(19(24)17(5-2)20(16)25-12(3)27)26-9-8-13-10-15(22)7-6-14(13)11-26/h6-7,10H,4-5,8-9,11H2,1-3H3,(H,25,27). The number of rotatable bonds is 4. The number of nitrogens with one attached hydrogen (secondary N) is 1. The highest BCUT2D eigenvalue weighted by atomic mass is 19.1. The summed E-state index contributed by atoms with van der Waals surface area (Å²) in [6.45, 7) is 5.59. The number of carbonyl (C=O) groups excluding carboxylic acids is 1. The molecule has 1 heterocycles. The van der Waals surface area contributed by atoms with Crippen molar-refractivity contribution < 1.29 is 18.0 Å². The van der Waals surface area contributed by atoms with E-state index in [-0.39, 0.29) is 23.1 Å². The first kappa shape index (κ1) is 19.3. The molecule has 0 spiro atoms. The maximum absolute atomic E-state index is 15.3. The monoisotopic (exact) mass is 376 g/mol. The van der Waals surface area contributed by atoms with Gasteiger partial charge >= 0.3 is 0 Å². The molecule has 0 unspecified atom stereocenters. The van der Waals surface area contributed by atoms with Gasteiger partial charge < -0.3 is 10.2 Å². The van der Waals surface area contributed by atoms with E-state index in [9.17, 15) is 9.18 Å². The SMILES string of the molecule is CCc1c(F)c(N2CCc3cc(F)ccc3C2)c(F)c(CC)c1NC(C)=O. The highest BCUT2D eigenvalue weighted by molar-refractivity contribution is 5.91. The third-order valence-corrected chi connectivity index (χ3v) is 5.05. The molecule has 0 bridgehead atoms. The Bertz CT molecular complexity index is 864. The van der Waals surface area contributed by atoms with E-state index in [1.165, 1.54) is 19.1 Å². The molecule has 3 nitrogen and oxygen atoms in total. The topological polar surface area (TPSA) is 32.3 Å². The van der Waals surface area contributed by atoms with Crippen LogP contribution < -0.4 is 10.2 Å². The molecule has 2 aromatic carbocycles. The van der Waals surface area contributed by atoms with Crippen LogP contribution in [0.1, 0.15) is 43.0 Å². The highest BCUT2D eigenvalue weighted by Crippen LogP contribution is 2.38. The van der Waals surface area contributed by atoms with E-state index < -0.39 is 11.6 Å². The summed E-state index contributed by atoms with van der Waals surface area (Å²) >= 11 is 0. The van der Waals surface area contributed by atoms with Gasteiger partial charge in [-0.15, -0.1) is 0 Å². The fourth-order valence-electron chi connectivity index (χ4n) is 3.76. The smallest absolute Gasteiger partial charge is 0.221 e. The summed E-state index contributed by atoms with van der Waals surface area (Å²) in [4.78, 5) is 13.2. The molecule has 0 aromatic heterocycles. The Morgan fingerprint density at radius 2 is 1.70 bits per heavy atom. The lowest BCUT2D eigenvalue weighted by molar-refractivity contribution is -0.114. The normalized spacial score (nSPS) is 13.5. The van der Waals surface area contributed by atoms with E-state index in [0.717, 1.165) is 11.1 Å². The Morgan fingerprint density at radius 1 is 1.07 bits per heavy atom. The molecule has 0 atom stereocenters. The van der Waals surface area contributed by atoms with Crippen molar-refractivity contribution in [1.82, 2.24) is 0 Å². The number of carbonyl (C=O) groups is 1. The van der Waals surface area contributed by atoms with E-state index in [1.807, 2.05) is 0 Å². The van der Waals surface area contributed by atoms with E-state index in [4.69, 9.17) is 0 Å². The first-order valence-electron chi connectivity index (χ1n) is 9.19. The molecule has 1 amide bonds. The van der Waals surface area contributed by atoms with Crippen LogP contribution in [-0.4, -0.2) is 12.5 Å². The number of amides is 1. The van der Waals surface area contributed by atoms with Gasteiger partial charge in [-0.3, -0.25) is 4.79 Å². The lowest BCUT2D eigenvalue weighted by atomic mass is 9.96. The minimum absolute atomic E-state index is 0.0622. The van der Waals surface area contributed by atoms with Crippen LogP contribution >= 0.6 is 0 Å². The summed E-state index contributed by atoms with van der Waals surface area (Å²) < 4.78 is 44.0. The molecule has 1 aliphatic heterocycles. The average Bonchev–Trinajstić information content (AvgIpc) is 2.62. The van der Waals surface area contributed by atoms with Crippen LogP contribution in [0.15, 0.2) is 18.2 Å². The van der Waals surface area contributed by atoms with Crippen molar-refractivity contribution in [2.45, 2.75) is 46.6 Å². The van der Waals surface area contributed by atoms with Crippen LogP contribution in [0, 0.1) is 17.5 Å². The quantitative estimate of drug-likeness (QED) is 0.835. The predicted molar refractivity (Wildman–Crippen MR) is 101 cm³/mol. The molecule has 2 aromatic rings. The minimum atomic E-state index is -0.637. The van der Waals surface area contributed by atoms with Gasteiger partial charge in [-0.25, -0.2) is 13.2 Å².